The monoisotopic (exact) mass is 546 g/mol. The van der Waals surface area contributed by atoms with Crippen LogP contribution in [0.3, 0.4) is 0 Å². The van der Waals surface area contributed by atoms with Gasteiger partial charge in [-0.3, -0.25) is 9.35 Å². The number of hydrogen-bond acceptors (Lipinski definition) is 9. The lowest BCUT2D eigenvalue weighted by atomic mass is 10.1. The number of carbonyl (C=O) groups excluding carboxylic acids is 1. The zero-order valence-corrected chi connectivity index (χ0v) is 20.7. The molecule has 1 aliphatic carbocycles. The number of sulfonamides is 1. The summed E-state index contributed by atoms with van der Waals surface area (Å²) in [6.07, 6.45) is 3.29. The fraction of sp³-hybridized carbons (Fsp3) is 0.250. The van der Waals surface area contributed by atoms with E-state index in [4.69, 9.17) is 0 Å². The van der Waals surface area contributed by atoms with Crippen molar-refractivity contribution in [1.82, 2.24) is 4.89 Å². The highest BCUT2D eigenvalue weighted by Crippen LogP contribution is 2.28. The van der Waals surface area contributed by atoms with Crippen LogP contribution in [0.25, 0.3) is 12.2 Å². The zero-order chi connectivity index (χ0) is 25.9. The van der Waals surface area contributed by atoms with Crippen molar-refractivity contribution in [1.29, 1.82) is 0 Å². The molecule has 1 fully saturated rings. The topological polar surface area (TPSA) is 182 Å². The number of methoxy groups -OCH3 is 1. The van der Waals surface area contributed by atoms with Gasteiger partial charge in [0.15, 0.2) is 0 Å². The van der Waals surface area contributed by atoms with Gasteiger partial charge in [0.1, 0.15) is 16.4 Å². The van der Waals surface area contributed by atoms with Gasteiger partial charge in [-0.2, -0.15) is 21.1 Å². The van der Waals surface area contributed by atoms with Gasteiger partial charge in [0.25, 0.3) is 10.1 Å². The number of rotatable bonds is 11. The van der Waals surface area contributed by atoms with Gasteiger partial charge in [0, 0.05) is 12.8 Å². The number of nitrogens with one attached hydrogen (secondary N) is 2. The van der Waals surface area contributed by atoms with E-state index < -0.39 is 46.3 Å². The third kappa shape index (κ3) is 7.17. The SMILES string of the molecule is COCC(=O)Nc1ccc(C=Cc2ccccc2S(=O)(=O)ONS(=O)(=O)C2CC2)c(S(=O)(=O)O)c1. The van der Waals surface area contributed by atoms with E-state index in [1.165, 1.54) is 55.7 Å². The largest absolute Gasteiger partial charge is 0.375 e. The Kier molecular flexibility index (Phi) is 8.10. The minimum Gasteiger partial charge on any atom is -0.375 e. The van der Waals surface area contributed by atoms with Crippen LogP contribution in [0.15, 0.2) is 52.3 Å². The maximum absolute atomic E-state index is 12.6. The molecule has 0 unspecified atom stereocenters. The molecule has 0 aliphatic heterocycles. The lowest BCUT2D eigenvalue weighted by molar-refractivity contribution is -0.119. The van der Waals surface area contributed by atoms with E-state index in [1.807, 2.05) is 0 Å². The molecule has 2 aromatic carbocycles. The predicted molar refractivity (Wildman–Crippen MR) is 125 cm³/mol. The highest BCUT2D eigenvalue weighted by molar-refractivity contribution is 7.91. The van der Waals surface area contributed by atoms with Crippen molar-refractivity contribution < 1.29 is 43.6 Å². The third-order valence-corrected chi connectivity index (χ3v) is 8.60. The summed E-state index contributed by atoms with van der Waals surface area (Å²) in [7, 11) is -11.9. The van der Waals surface area contributed by atoms with Gasteiger partial charge in [-0.15, -0.1) is 0 Å². The first-order valence-corrected chi connectivity index (χ1v) is 14.3. The number of anilines is 1. The van der Waals surface area contributed by atoms with Crippen molar-refractivity contribution in [3.05, 3.63) is 53.6 Å². The van der Waals surface area contributed by atoms with Gasteiger partial charge in [0.05, 0.1) is 5.25 Å². The van der Waals surface area contributed by atoms with Crippen molar-refractivity contribution in [3.8, 4) is 0 Å². The van der Waals surface area contributed by atoms with Crippen LogP contribution < -0.4 is 10.2 Å². The third-order valence-electron chi connectivity index (χ3n) is 4.70. The van der Waals surface area contributed by atoms with E-state index >= 15 is 0 Å². The molecule has 2 aromatic rings. The smallest absolute Gasteiger partial charge is 0.314 e. The zero-order valence-electron chi connectivity index (χ0n) is 18.2. The average molecular weight is 547 g/mol. The molecular formula is C20H22N2O10S3. The minimum absolute atomic E-state index is 0.0141. The Bertz CT molecular complexity index is 1460. The first kappa shape index (κ1) is 26.9. The van der Waals surface area contributed by atoms with Crippen LogP contribution in [0, 0.1) is 0 Å². The van der Waals surface area contributed by atoms with Gasteiger partial charge in [-0.1, -0.05) is 41.3 Å². The Morgan fingerprint density at radius 1 is 1.00 bits per heavy atom. The van der Waals surface area contributed by atoms with Crippen LogP contribution in [0.1, 0.15) is 24.0 Å². The molecule has 12 nitrogen and oxygen atoms in total. The van der Waals surface area contributed by atoms with Crippen molar-refractivity contribution in [2.75, 3.05) is 19.0 Å². The summed E-state index contributed by atoms with van der Waals surface area (Å²) in [5.41, 5.74) is 0.118. The number of amides is 1. The number of carbonyl (C=O) groups is 1. The molecule has 1 amide bonds. The molecule has 1 saturated carbocycles. The number of hydrogen-bond donors (Lipinski definition) is 3. The number of benzene rings is 2. The first-order valence-electron chi connectivity index (χ1n) is 9.95. The molecule has 3 N–H and O–H groups in total. The Labute approximate surface area is 202 Å². The van der Waals surface area contributed by atoms with Crippen LogP contribution in [-0.2, 0) is 44.1 Å². The second-order valence-electron chi connectivity index (χ2n) is 7.45. The van der Waals surface area contributed by atoms with Gasteiger partial charge < -0.3 is 10.1 Å². The predicted octanol–water partition coefficient (Wildman–Crippen LogP) is 1.39. The quantitative estimate of drug-likeness (QED) is 0.211. The van der Waals surface area contributed by atoms with E-state index in [2.05, 4.69) is 14.3 Å². The number of ether oxygens (including phenoxy) is 1. The second kappa shape index (κ2) is 10.5. The molecule has 35 heavy (non-hydrogen) atoms. The minimum atomic E-state index is -4.73. The fourth-order valence-electron chi connectivity index (χ4n) is 2.91. The summed E-state index contributed by atoms with van der Waals surface area (Å²) in [6, 6.07) is 9.16. The lowest BCUT2D eigenvalue weighted by Crippen LogP contribution is -2.30. The summed E-state index contributed by atoms with van der Waals surface area (Å²) >= 11 is 0. The van der Waals surface area contributed by atoms with Gasteiger partial charge in [-0.05, 0) is 42.2 Å². The van der Waals surface area contributed by atoms with Crippen LogP contribution in [0.4, 0.5) is 5.69 Å². The summed E-state index contributed by atoms with van der Waals surface area (Å²) in [5, 5.41) is 1.71. The normalized spacial score (nSPS) is 14.8. The maximum Gasteiger partial charge on any atom is 0.314 e. The molecule has 190 valence electrons. The molecule has 3 rings (SSSR count). The van der Waals surface area contributed by atoms with Crippen LogP contribution >= 0.6 is 0 Å². The summed E-state index contributed by atoms with van der Waals surface area (Å²) in [4.78, 5) is 12.4. The summed E-state index contributed by atoms with van der Waals surface area (Å²) < 4.78 is 91.7. The highest BCUT2D eigenvalue weighted by Gasteiger charge is 2.37. The van der Waals surface area contributed by atoms with Crippen molar-refractivity contribution in [2.24, 2.45) is 0 Å². The standard InChI is InChI=1S/C20H22N2O10S3/c1-31-13-20(23)21-16-9-8-15(19(12-16)34(26,27)28)7-6-14-4-2-3-5-18(14)35(29,30)32-22-33(24,25)17-10-11-17/h2-9,12,17,22H,10-11,13H2,1H3,(H,21,23)(H,26,27,28). The first-order chi connectivity index (χ1) is 16.3. The second-order valence-corrected chi connectivity index (χ2v) is 12.3. The van der Waals surface area contributed by atoms with Crippen LogP contribution in [0.2, 0.25) is 0 Å². The maximum atomic E-state index is 12.6. The molecule has 15 heteroatoms. The average Bonchev–Trinajstić information content (AvgIpc) is 3.63. The molecule has 0 bridgehead atoms. The van der Waals surface area contributed by atoms with Gasteiger partial charge in [0.2, 0.25) is 15.9 Å². The fourth-order valence-corrected chi connectivity index (χ4v) is 6.01. The van der Waals surface area contributed by atoms with Gasteiger partial charge >= 0.3 is 10.1 Å². The molecule has 0 heterocycles. The molecule has 0 radical (unpaired) electrons. The summed E-state index contributed by atoms with van der Waals surface area (Å²) in [5.74, 6) is -0.548. The van der Waals surface area contributed by atoms with E-state index in [1.54, 1.807) is 4.89 Å². The van der Waals surface area contributed by atoms with Crippen molar-refractivity contribution in [2.45, 2.75) is 27.9 Å². The van der Waals surface area contributed by atoms with Crippen molar-refractivity contribution in [3.63, 3.8) is 0 Å². The Balaban J connectivity index is 1.90. The lowest BCUT2D eigenvalue weighted by Gasteiger charge is -2.10. The molecule has 0 spiro atoms. The molecular weight excluding hydrogens is 524 g/mol. The Morgan fingerprint density at radius 2 is 1.63 bits per heavy atom. The molecule has 0 atom stereocenters. The summed E-state index contributed by atoms with van der Waals surface area (Å²) in [6.45, 7) is -0.271. The molecule has 0 aromatic heterocycles. The van der Waals surface area contributed by atoms with E-state index in [0.29, 0.717) is 12.8 Å². The Hall–Kier alpha value is -2.66. The van der Waals surface area contributed by atoms with Crippen LogP contribution in [-0.4, -0.2) is 54.7 Å². The van der Waals surface area contributed by atoms with E-state index in [9.17, 15) is 34.6 Å². The Morgan fingerprint density at radius 3 is 2.23 bits per heavy atom. The van der Waals surface area contributed by atoms with Crippen LogP contribution in [0.5, 0.6) is 0 Å². The highest BCUT2D eigenvalue weighted by atomic mass is 32.2. The van der Waals surface area contributed by atoms with Crippen molar-refractivity contribution >= 4 is 54.0 Å². The van der Waals surface area contributed by atoms with E-state index in [-0.39, 0.29) is 28.3 Å². The van der Waals surface area contributed by atoms with E-state index in [0.717, 1.165) is 6.07 Å². The molecule has 0 saturated heterocycles. The van der Waals surface area contributed by atoms with Gasteiger partial charge in [-0.25, -0.2) is 8.42 Å². The molecule has 1 aliphatic rings.